The quantitative estimate of drug-likeness (QED) is 0.297. The Kier molecular flexibility index (Phi) is 4.19. The highest BCUT2D eigenvalue weighted by Crippen LogP contribution is 2.49. The van der Waals surface area contributed by atoms with Gasteiger partial charge in [-0.2, -0.15) is 13.2 Å². The molecule has 0 amide bonds. The summed E-state index contributed by atoms with van der Waals surface area (Å²) in [6.07, 6.45) is -5.18. The molecular formula is C8H5F3N6O4. The van der Waals surface area contributed by atoms with Crippen LogP contribution in [0.15, 0.2) is 11.2 Å². The van der Waals surface area contributed by atoms with E-state index in [0.717, 1.165) is 7.05 Å². The van der Waals surface area contributed by atoms with Gasteiger partial charge in [0, 0.05) is 18.0 Å². The van der Waals surface area contributed by atoms with Crippen LogP contribution in [0.2, 0.25) is 0 Å². The van der Waals surface area contributed by atoms with Gasteiger partial charge in [0.15, 0.2) is 5.69 Å². The van der Waals surface area contributed by atoms with Crippen LogP contribution in [0, 0.1) is 20.2 Å². The Morgan fingerprint density at radius 3 is 2.24 bits per heavy atom. The van der Waals surface area contributed by atoms with Crippen LogP contribution in [-0.2, 0) is 6.18 Å². The number of nitro groups is 2. The van der Waals surface area contributed by atoms with Crippen molar-refractivity contribution in [2.24, 2.45) is 5.11 Å². The molecule has 21 heavy (non-hydrogen) atoms. The minimum Gasteiger partial charge on any atom is -0.377 e. The smallest absolute Gasteiger partial charge is 0.377 e. The molecule has 112 valence electrons. The third kappa shape index (κ3) is 2.92. The summed E-state index contributed by atoms with van der Waals surface area (Å²) in [6.45, 7) is 0. The zero-order valence-corrected chi connectivity index (χ0v) is 10.1. The summed E-state index contributed by atoms with van der Waals surface area (Å²) >= 11 is 0. The highest BCUT2D eigenvalue weighted by Gasteiger charge is 2.41. The van der Waals surface area contributed by atoms with E-state index in [1.807, 2.05) is 0 Å². The Hall–Kier alpha value is -3.08. The van der Waals surface area contributed by atoms with Gasteiger partial charge in [-0.05, 0) is 5.53 Å². The van der Waals surface area contributed by atoms with Gasteiger partial charge >= 0.3 is 11.9 Å². The fourth-order valence-electron chi connectivity index (χ4n) is 1.57. The molecule has 0 spiro atoms. The minimum absolute atomic E-state index is 0.0723. The number of halogens is 3. The molecule has 1 aromatic rings. The largest absolute Gasteiger partial charge is 0.417 e. The second kappa shape index (κ2) is 5.50. The lowest BCUT2D eigenvalue weighted by Gasteiger charge is -2.12. The Bertz CT molecular complexity index is 667. The van der Waals surface area contributed by atoms with Crippen molar-refractivity contribution in [3.8, 4) is 0 Å². The number of hydrogen-bond acceptors (Lipinski definition) is 6. The number of nitro benzene ring substituents is 2. The Balaban J connectivity index is 4.03. The fourth-order valence-corrected chi connectivity index (χ4v) is 1.57. The van der Waals surface area contributed by atoms with Gasteiger partial charge in [0.1, 0.15) is 5.69 Å². The van der Waals surface area contributed by atoms with Gasteiger partial charge in [-0.15, -0.1) is 0 Å². The summed E-state index contributed by atoms with van der Waals surface area (Å²) in [6, 6.07) is 0.0723. The Morgan fingerprint density at radius 1 is 1.33 bits per heavy atom. The summed E-state index contributed by atoms with van der Waals surface area (Å²) in [4.78, 5) is 21.3. The van der Waals surface area contributed by atoms with Gasteiger partial charge in [0.25, 0.3) is 5.69 Å². The summed E-state index contributed by atoms with van der Waals surface area (Å²) in [5.74, 6) is 0. The topological polar surface area (TPSA) is 147 Å². The summed E-state index contributed by atoms with van der Waals surface area (Å²) in [5, 5.41) is 26.4. The van der Waals surface area contributed by atoms with Gasteiger partial charge in [-0.25, -0.2) is 0 Å². The standard InChI is InChI=1S/C8H5F3N6O4/c1-13-6-4(16(18)19)2-3(8(9,10)11)5(14-15-12)7(6)17(20)21/h2,13H,1H3. The monoisotopic (exact) mass is 306 g/mol. The average molecular weight is 306 g/mol. The molecule has 0 atom stereocenters. The zero-order valence-electron chi connectivity index (χ0n) is 10.1. The van der Waals surface area contributed by atoms with E-state index in [9.17, 15) is 33.4 Å². The molecule has 0 radical (unpaired) electrons. The first-order chi connectivity index (χ1) is 9.65. The average Bonchev–Trinajstić information content (AvgIpc) is 2.35. The highest BCUT2D eigenvalue weighted by molar-refractivity contribution is 5.84. The van der Waals surface area contributed by atoms with Gasteiger partial charge in [-0.1, -0.05) is 5.11 Å². The molecule has 0 bridgehead atoms. The first kappa shape index (κ1) is 16.0. The van der Waals surface area contributed by atoms with Crippen LogP contribution in [0.25, 0.3) is 10.4 Å². The molecule has 0 saturated heterocycles. The van der Waals surface area contributed by atoms with E-state index in [2.05, 4.69) is 15.3 Å². The van der Waals surface area contributed by atoms with E-state index in [1.54, 1.807) is 0 Å². The van der Waals surface area contributed by atoms with E-state index in [1.165, 1.54) is 0 Å². The molecule has 0 unspecified atom stereocenters. The first-order valence-corrected chi connectivity index (χ1v) is 4.95. The maximum atomic E-state index is 12.8. The Morgan fingerprint density at radius 2 is 1.90 bits per heavy atom. The van der Waals surface area contributed by atoms with Crippen molar-refractivity contribution in [3.63, 3.8) is 0 Å². The van der Waals surface area contributed by atoms with Gasteiger partial charge in [0.05, 0.1) is 15.4 Å². The van der Waals surface area contributed by atoms with E-state index < -0.39 is 44.3 Å². The molecule has 0 fully saturated rings. The lowest BCUT2D eigenvalue weighted by Crippen LogP contribution is -2.10. The van der Waals surface area contributed by atoms with Gasteiger partial charge in [-0.3, -0.25) is 20.2 Å². The van der Waals surface area contributed by atoms with Gasteiger partial charge < -0.3 is 5.32 Å². The molecule has 1 N–H and O–H groups in total. The molecule has 0 saturated carbocycles. The predicted octanol–water partition coefficient (Wildman–Crippen LogP) is 3.51. The van der Waals surface area contributed by atoms with Crippen molar-refractivity contribution in [2.45, 2.75) is 6.18 Å². The molecular weight excluding hydrogens is 301 g/mol. The Labute approximate surface area is 113 Å². The van der Waals surface area contributed by atoms with Crippen molar-refractivity contribution in [1.29, 1.82) is 0 Å². The maximum absolute atomic E-state index is 12.8. The second-order valence-corrected chi connectivity index (χ2v) is 3.47. The van der Waals surface area contributed by atoms with E-state index >= 15 is 0 Å². The van der Waals surface area contributed by atoms with E-state index in [-0.39, 0.29) is 6.07 Å². The molecule has 0 aliphatic heterocycles. The first-order valence-electron chi connectivity index (χ1n) is 4.95. The third-order valence-corrected chi connectivity index (χ3v) is 2.33. The number of alkyl halides is 3. The van der Waals surface area contributed by atoms with Gasteiger partial charge in [0.2, 0.25) is 0 Å². The molecule has 0 aliphatic rings. The number of azide groups is 1. The van der Waals surface area contributed by atoms with E-state index in [4.69, 9.17) is 5.53 Å². The minimum atomic E-state index is -5.18. The number of nitrogens with zero attached hydrogens (tertiary/aromatic N) is 5. The molecule has 10 nitrogen and oxygen atoms in total. The maximum Gasteiger partial charge on any atom is 0.417 e. The highest BCUT2D eigenvalue weighted by atomic mass is 19.4. The van der Waals surface area contributed by atoms with E-state index in [0.29, 0.717) is 0 Å². The fraction of sp³-hybridized carbons (Fsp3) is 0.250. The van der Waals surface area contributed by atoms with Crippen LogP contribution in [0.3, 0.4) is 0 Å². The number of rotatable bonds is 4. The molecule has 0 aliphatic carbocycles. The van der Waals surface area contributed by atoms with Crippen molar-refractivity contribution >= 4 is 22.7 Å². The molecule has 1 aromatic carbocycles. The summed E-state index contributed by atoms with van der Waals surface area (Å²) in [7, 11) is 1.04. The zero-order chi connectivity index (χ0) is 16.4. The van der Waals surface area contributed by atoms with Crippen LogP contribution in [-0.4, -0.2) is 16.9 Å². The van der Waals surface area contributed by atoms with Crippen molar-refractivity contribution in [3.05, 3.63) is 42.3 Å². The van der Waals surface area contributed by atoms with Crippen LogP contribution in [0.1, 0.15) is 5.56 Å². The predicted molar refractivity (Wildman–Crippen MR) is 63.1 cm³/mol. The third-order valence-electron chi connectivity index (χ3n) is 2.33. The van der Waals surface area contributed by atoms with Crippen LogP contribution in [0.4, 0.5) is 35.9 Å². The molecule has 1 rings (SSSR count). The van der Waals surface area contributed by atoms with Crippen molar-refractivity contribution in [2.75, 3.05) is 12.4 Å². The molecule has 0 heterocycles. The number of hydrogen-bond donors (Lipinski definition) is 1. The summed E-state index contributed by atoms with van der Waals surface area (Å²) < 4.78 is 38.5. The molecule has 13 heteroatoms. The van der Waals surface area contributed by atoms with Crippen molar-refractivity contribution < 1.29 is 23.0 Å². The second-order valence-electron chi connectivity index (χ2n) is 3.47. The summed E-state index contributed by atoms with van der Waals surface area (Å²) in [5.41, 5.74) is 1.89. The normalized spacial score (nSPS) is 10.7. The SMILES string of the molecule is CNc1c([N+](=O)[O-])cc(C(F)(F)F)c(N=[N+]=[N-])c1[N+](=O)[O-]. The van der Waals surface area contributed by atoms with Crippen LogP contribution in [0.5, 0.6) is 0 Å². The van der Waals surface area contributed by atoms with Crippen LogP contribution >= 0.6 is 0 Å². The number of anilines is 1. The molecule has 0 aromatic heterocycles. The number of benzene rings is 1. The number of nitrogens with one attached hydrogen (secondary N) is 1. The van der Waals surface area contributed by atoms with Crippen LogP contribution < -0.4 is 5.32 Å². The lowest BCUT2D eigenvalue weighted by atomic mass is 10.1. The lowest BCUT2D eigenvalue weighted by molar-refractivity contribution is -0.392. The van der Waals surface area contributed by atoms with Crippen molar-refractivity contribution in [1.82, 2.24) is 0 Å².